The molecule has 0 atom stereocenters. The number of halogens is 1. The van der Waals surface area contributed by atoms with Gasteiger partial charge in [0.2, 0.25) is 0 Å². The smallest absolute Gasteiger partial charge is 0.126 e. The molecule has 2 nitrogen and oxygen atoms in total. The van der Waals surface area contributed by atoms with Crippen LogP contribution in [0.2, 0.25) is 0 Å². The van der Waals surface area contributed by atoms with E-state index in [1.807, 2.05) is 6.08 Å². The Balaban J connectivity index is 0.00000484. The third-order valence-corrected chi connectivity index (χ3v) is 4.14. The molecule has 0 fully saturated rings. The van der Waals surface area contributed by atoms with Crippen molar-refractivity contribution in [2.75, 3.05) is 19.7 Å². The second kappa shape index (κ2) is 12.4. The molecule has 3 heteroatoms. The Bertz CT molecular complexity index is 428. The van der Waals surface area contributed by atoms with E-state index in [4.69, 9.17) is 4.74 Å². The van der Waals surface area contributed by atoms with Crippen LogP contribution in [0.25, 0.3) is 0 Å². The van der Waals surface area contributed by atoms with E-state index in [2.05, 4.69) is 46.4 Å². The molecule has 23 heavy (non-hydrogen) atoms. The largest absolute Gasteiger partial charge is 1.00 e. The number of quaternary nitrogens is 1. The molecule has 0 unspecified atom stereocenters. The predicted octanol–water partition coefficient (Wildman–Crippen LogP) is 0.585. The lowest BCUT2D eigenvalue weighted by molar-refractivity contribution is -0.910. The first-order valence-electron chi connectivity index (χ1n) is 8.91. The van der Waals surface area contributed by atoms with Crippen LogP contribution in [0.3, 0.4) is 0 Å². The van der Waals surface area contributed by atoms with Crippen molar-refractivity contribution in [2.45, 2.75) is 59.9 Å². The molecular weight excluding hydrogens is 306 g/mol. The van der Waals surface area contributed by atoms with E-state index >= 15 is 0 Å². The summed E-state index contributed by atoms with van der Waals surface area (Å²) in [6, 6.07) is 4.73. The van der Waals surface area contributed by atoms with E-state index in [-0.39, 0.29) is 12.4 Å². The molecule has 132 valence electrons. The third-order valence-electron chi connectivity index (χ3n) is 4.14. The van der Waals surface area contributed by atoms with Crippen molar-refractivity contribution < 1.29 is 22.0 Å². The Morgan fingerprint density at radius 2 is 1.52 bits per heavy atom. The molecule has 0 saturated carbocycles. The molecule has 0 aliphatic rings. The molecule has 0 aromatic heterocycles. The molecule has 0 aliphatic carbocycles. The third kappa shape index (κ3) is 6.97. The van der Waals surface area contributed by atoms with E-state index in [0.29, 0.717) is 6.61 Å². The monoisotopic (exact) mass is 339 g/mol. The van der Waals surface area contributed by atoms with E-state index in [1.54, 1.807) is 4.90 Å². The van der Waals surface area contributed by atoms with Crippen LogP contribution >= 0.6 is 0 Å². The maximum atomic E-state index is 6.01. The van der Waals surface area contributed by atoms with Gasteiger partial charge in [-0.05, 0) is 49.9 Å². The number of aryl methyl sites for hydroxylation is 2. The molecule has 1 aromatic carbocycles. The fraction of sp³-hybridized carbons (Fsp3) is 0.600. The van der Waals surface area contributed by atoms with E-state index in [1.165, 1.54) is 29.8 Å². The van der Waals surface area contributed by atoms with Gasteiger partial charge in [-0.1, -0.05) is 39.3 Å². The maximum Gasteiger partial charge on any atom is 0.126 e. The molecule has 1 rings (SSSR count). The zero-order chi connectivity index (χ0) is 16.4. The number of benzene rings is 1. The van der Waals surface area contributed by atoms with E-state index in [0.717, 1.165) is 38.0 Å². The fourth-order valence-corrected chi connectivity index (χ4v) is 2.96. The lowest BCUT2D eigenvalue weighted by Gasteiger charge is -2.20. The van der Waals surface area contributed by atoms with Crippen molar-refractivity contribution in [3.05, 3.63) is 41.5 Å². The lowest BCUT2D eigenvalue weighted by Crippen LogP contribution is -3.10. The normalized spacial score (nSPS) is 10.5. The van der Waals surface area contributed by atoms with Gasteiger partial charge >= 0.3 is 0 Å². The predicted molar refractivity (Wildman–Crippen MR) is 95.9 cm³/mol. The van der Waals surface area contributed by atoms with Gasteiger partial charge in [0.15, 0.2) is 0 Å². The summed E-state index contributed by atoms with van der Waals surface area (Å²) in [7, 11) is 0. The SMILES string of the molecule is C=CCOc1c(CCC)cc(C[NH+](CC)CC)cc1CCC.[Cl-]. The summed E-state index contributed by atoms with van der Waals surface area (Å²) >= 11 is 0. The number of nitrogens with one attached hydrogen (secondary N) is 1. The van der Waals surface area contributed by atoms with Gasteiger partial charge in [0.25, 0.3) is 0 Å². The van der Waals surface area contributed by atoms with E-state index in [9.17, 15) is 0 Å². The molecule has 0 bridgehead atoms. The molecule has 1 N–H and O–H groups in total. The Morgan fingerprint density at radius 3 is 1.91 bits per heavy atom. The van der Waals surface area contributed by atoms with Crippen LogP contribution in [0.4, 0.5) is 0 Å². The zero-order valence-electron chi connectivity index (χ0n) is 15.4. The number of hydrogen-bond donors (Lipinski definition) is 1. The Hall–Kier alpha value is -0.990. The standard InChI is InChI=1S/C20H33NO.ClH/c1-6-11-18-14-17(16-21(9-4)10-5)15-19(12-7-2)20(18)22-13-8-3;/h8,14-15H,3,6-7,9-13,16H2,1-2,4-5H3;1H. The van der Waals surface area contributed by atoms with Gasteiger partial charge in [0, 0.05) is 5.56 Å². The Kier molecular flexibility index (Phi) is 11.9. The number of rotatable bonds is 11. The molecule has 0 aliphatic heterocycles. The molecule has 1 aromatic rings. The van der Waals surface area contributed by atoms with Gasteiger partial charge in [-0.25, -0.2) is 0 Å². The first-order chi connectivity index (χ1) is 10.7. The topological polar surface area (TPSA) is 13.7 Å². The van der Waals surface area contributed by atoms with Crippen LogP contribution in [-0.4, -0.2) is 19.7 Å². The van der Waals surface area contributed by atoms with Crippen LogP contribution in [0, 0.1) is 0 Å². The van der Waals surface area contributed by atoms with Gasteiger partial charge < -0.3 is 22.0 Å². The van der Waals surface area contributed by atoms with Gasteiger partial charge in [-0.2, -0.15) is 0 Å². The fourth-order valence-electron chi connectivity index (χ4n) is 2.96. The molecule has 0 spiro atoms. The van der Waals surface area contributed by atoms with Crippen LogP contribution < -0.4 is 22.0 Å². The van der Waals surface area contributed by atoms with Crippen molar-refractivity contribution in [1.29, 1.82) is 0 Å². The van der Waals surface area contributed by atoms with Gasteiger partial charge in [0.1, 0.15) is 18.9 Å². The maximum absolute atomic E-state index is 6.01. The summed E-state index contributed by atoms with van der Waals surface area (Å²) in [6.07, 6.45) is 6.31. The Morgan fingerprint density at radius 1 is 1.00 bits per heavy atom. The van der Waals surface area contributed by atoms with Gasteiger partial charge in [-0.3, -0.25) is 0 Å². The highest BCUT2D eigenvalue weighted by atomic mass is 35.5. The highest BCUT2D eigenvalue weighted by molar-refractivity contribution is 5.45. The van der Waals surface area contributed by atoms with Crippen LogP contribution in [0.15, 0.2) is 24.8 Å². The zero-order valence-corrected chi connectivity index (χ0v) is 16.1. The summed E-state index contributed by atoms with van der Waals surface area (Å²) in [5.74, 6) is 1.11. The second-order valence-corrected chi connectivity index (χ2v) is 5.98. The minimum atomic E-state index is 0. The minimum absolute atomic E-state index is 0. The van der Waals surface area contributed by atoms with E-state index < -0.39 is 0 Å². The highest BCUT2D eigenvalue weighted by Crippen LogP contribution is 2.28. The summed E-state index contributed by atoms with van der Waals surface area (Å²) < 4.78 is 6.01. The first-order valence-corrected chi connectivity index (χ1v) is 8.91. The molecular formula is C20H34ClNO. The Labute approximate surface area is 149 Å². The van der Waals surface area contributed by atoms with Crippen LogP contribution in [-0.2, 0) is 19.4 Å². The molecule has 0 radical (unpaired) electrons. The van der Waals surface area contributed by atoms with Crippen molar-refractivity contribution >= 4 is 0 Å². The highest BCUT2D eigenvalue weighted by Gasteiger charge is 2.14. The summed E-state index contributed by atoms with van der Waals surface area (Å²) in [5.41, 5.74) is 4.20. The van der Waals surface area contributed by atoms with Gasteiger partial charge in [0.05, 0.1) is 13.1 Å². The summed E-state index contributed by atoms with van der Waals surface area (Å²) in [6.45, 7) is 16.8. The lowest BCUT2D eigenvalue weighted by atomic mass is 9.97. The first kappa shape index (κ1) is 22.0. The van der Waals surface area contributed by atoms with Crippen molar-refractivity contribution in [1.82, 2.24) is 0 Å². The minimum Gasteiger partial charge on any atom is -1.00 e. The molecule has 0 saturated heterocycles. The summed E-state index contributed by atoms with van der Waals surface area (Å²) in [4.78, 5) is 1.63. The van der Waals surface area contributed by atoms with Crippen molar-refractivity contribution in [3.8, 4) is 5.75 Å². The quantitative estimate of drug-likeness (QED) is 0.582. The van der Waals surface area contributed by atoms with Crippen molar-refractivity contribution in [2.24, 2.45) is 0 Å². The average molecular weight is 340 g/mol. The number of hydrogen-bond acceptors (Lipinski definition) is 1. The average Bonchev–Trinajstić information content (AvgIpc) is 2.52. The molecule has 0 heterocycles. The van der Waals surface area contributed by atoms with Gasteiger partial charge in [-0.15, -0.1) is 0 Å². The molecule has 0 amide bonds. The number of ether oxygens (including phenoxy) is 1. The summed E-state index contributed by atoms with van der Waals surface area (Å²) in [5, 5.41) is 0. The van der Waals surface area contributed by atoms with Crippen LogP contribution in [0.5, 0.6) is 5.75 Å². The van der Waals surface area contributed by atoms with Crippen molar-refractivity contribution in [3.63, 3.8) is 0 Å². The van der Waals surface area contributed by atoms with Crippen LogP contribution in [0.1, 0.15) is 57.2 Å². The second-order valence-electron chi connectivity index (χ2n) is 5.98.